The molecule has 0 aliphatic carbocycles. The van der Waals surface area contributed by atoms with Crippen LogP contribution in [-0.4, -0.2) is 49.9 Å². The maximum Gasteiger partial charge on any atom is 0.264 e. The van der Waals surface area contributed by atoms with Crippen LogP contribution in [0.3, 0.4) is 0 Å². The maximum absolute atomic E-state index is 12.1. The van der Waals surface area contributed by atoms with Crippen LogP contribution >= 0.6 is 39.7 Å². The average Bonchev–Trinajstić information content (AvgIpc) is 3.09. The molecule has 2 amide bonds. The van der Waals surface area contributed by atoms with Crippen LogP contribution in [0.15, 0.2) is 15.9 Å². The van der Waals surface area contributed by atoms with Gasteiger partial charge in [0.25, 0.3) is 5.91 Å². The SMILES string of the molecule is CN(CC(=O)NCCC1CCNC1)C(=O)c1ccc(Br)s1.Cl. The predicted octanol–water partition coefficient (Wildman–Crippen LogP) is 2.12. The smallest absolute Gasteiger partial charge is 0.264 e. The van der Waals surface area contributed by atoms with Gasteiger partial charge in [-0.3, -0.25) is 9.59 Å². The molecule has 1 unspecified atom stereocenters. The number of nitrogens with zero attached hydrogens (tertiary/aromatic N) is 1. The minimum atomic E-state index is -0.124. The number of likely N-dealkylation sites (N-methyl/N-ethyl adjacent to an activating group) is 1. The van der Waals surface area contributed by atoms with Gasteiger partial charge in [0.2, 0.25) is 5.91 Å². The van der Waals surface area contributed by atoms with Crippen LogP contribution in [0.2, 0.25) is 0 Å². The van der Waals surface area contributed by atoms with Gasteiger partial charge >= 0.3 is 0 Å². The van der Waals surface area contributed by atoms with Crippen molar-refractivity contribution in [2.24, 2.45) is 5.92 Å². The summed E-state index contributed by atoms with van der Waals surface area (Å²) in [5.74, 6) is 0.432. The van der Waals surface area contributed by atoms with Crippen molar-refractivity contribution < 1.29 is 9.59 Å². The molecule has 1 atom stereocenters. The van der Waals surface area contributed by atoms with Gasteiger partial charge < -0.3 is 15.5 Å². The molecule has 1 saturated heterocycles. The largest absolute Gasteiger partial charge is 0.355 e. The Morgan fingerprint density at radius 1 is 1.50 bits per heavy atom. The number of hydrogen-bond acceptors (Lipinski definition) is 4. The van der Waals surface area contributed by atoms with Gasteiger partial charge in [0.05, 0.1) is 15.2 Å². The number of hydrogen-bond donors (Lipinski definition) is 2. The molecule has 124 valence electrons. The summed E-state index contributed by atoms with van der Waals surface area (Å²) >= 11 is 4.70. The molecule has 1 fully saturated rings. The van der Waals surface area contributed by atoms with Crippen molar-refractivity contribution in [3.8, 4) is 0 Å². The van der Waals surface area contributed by atoms with E-state index in [-0.39, 0.29) is 30.8 Å². The van der Waals surface area contributed by atoms with Crippen LogP contribution in [-0.2, 0) is 4.79 Å². The van der Waals surface area contributed by atoms with E-state index >= 15 is 0 Å². The lowest BCUT2D eigenvalue weighted by Gasteiger charge is -2.16. The lowest BCUT2D eigenvalue weighted by molar-refractivity contribution is -0.121. The van der Waals surface area contributed by atoms with Crippen molar-refractivity contribution in [1.29, 1.82) is 0 Å². The van der Waals surface area contributed by atoms with Crippen LogP contribution in [0.5, 0.6) is 0 Å². The average molecular weight is 411 g/mol. The fourth-order valence-electron chi connectivity index (χ4n) is 2.34. The molecule has 2 heterocycles. The third kappa shape index (κ3) is 5.87. The first kappa shape index (κ1) is 19.4. The second-order valence-corrected chi connectivity index (χ2v) is 7.73. The summed E-state index contributed by atoms with van der Waals surface area (Å²) in [4.78, 5) is 26.0. The van der Waals surface area contributed by atoms with Crippen LogP contribution in [0, 0.1) is 5.92 Å². The zero-order chi connectivity index (χ0) is 15.2. The van der Waals surface area contributed by atoms with E-state index in [9.17, 15) is 9.59 Å². The number of carbonyl (C=O) groups excluding carboxylic acids is 2. The third-order valence-corrected chi connectivity index (χ3v) is 5.16. The highest BCUT2D eigenvalue weighted by molar-refractivity contribution is 9.11. The molecule has 0 radical (unpaired) electrons. The Kier molecular flexibility index (Phi) is 8.38. The Morgan fingerprint density at radius 3 is 2.86 bits per heavy atom. The van der Waals surface area contributed by atoms with Crippen LogP contribution < -0.4 is 10.6 Å². The topological polar surface area (TPSA) is 61.4 Å². The fraction of sp³-hybridized carbons (Fsp3) is 0.571. The summed E-state index contributed by atoms with van der Waals surface area (Å²) in [5, 5.41) is 6.20. The van der Waals surface area contributed by atoms with Crippen molar-refractivity contribution in [3.63, 3.8) is 0 Å². The van der Waals surface area contributed by atoms with Gasteiger partial charge in [-0.25, -0.2) is 0 Å². The molecule has 2 N–H and O–H groups in total. The number of halogens is 2. The first-order valence-electron chi connectivity index (χ1n) is 7.04. The molecule has 1 aromatic rings. The van der Waals surface area contributed by atoms with E-state index in [4.69, 9.17) is 0 Å². The quantitative estimate of drug-likeness (QED) is 0.755. The molecule has 0 bridgehead atoms. The van der Waals surface area contributed by atoms with Crippen molar-refractivity contribution in [3.05, 3.63) is 20.8 Å². The Balaban J connectivity index is 0.00000242. The van der Waals surface area contributed by atoms with Gasteiger partial charge in [0.15, 0.2) is 0 Å². The lowest BCUT2D eigenvalue weighted by Crippen LogP contribution is -2.38. The van der Waals surface area contributed by atoms with E-state index in [1.807, 2.05) is 6.07 Å². The van der Waals surface area contributed by atoms with E-state index < -0.39 is 0 Å². The van der Waals surface area contributed by atoms with Gasteiger partial charge in [-0.2, -0.15) is 0 Å². The van der Waals surface area contributed by atoms with Crippen molar-refractivity contribution in [2.75, 3.05) is 33.2 Å². The monoisotopic (exact) mass is 409 g/mol. The molecule has 0 spiro atoms. The molecular weight excluding hydrogens is 390 g/mol. The number of thiophene rings is 1. The van der Waals surface area contributed by atoms with E-state index in [2.05, 4.69) is 26.6 Å². The van der Waals surface area contributed by atoms with Crippen molar-refractivity contribution in [1.82, 2.24) is 15.5 Å². The van der Waals surface area contributed by atoms with Gasteiger partial charge in [0.1, 0.15) is 0 Å². The summed E-state index contributed by atoms with van der Waals surface area (Å²) in [6.07, 6.45) is 2.18. The molecule has 1 aromatic heterocycles. The molecule has 5 nitrogen and oxygen atoms in total. The standard InChI is InChI=1S/C14H20BrN3O2S.ClH/c1-18(14(20)11-2-3-12(15)21-11)9-13(19)17-7-5-10-4-6-16-8-10;/h2-3,10,16H,4-9H2,1H3,(H,17,19);1H. The zero-order valence-electron chi connectivity index (χ0n) is 12.4. The molecule has 0 aromatic carbocycles. The van der Waals surface area contributed by atoms with Crippen molar-refractivity contribution in [2.45, 2.75) is 12.8 Å². The Morgan fingerprint density at radius 2 is 2.27 bits per heavy atom. The summed E-state index contributed by atoms with van der Waals surface area (Å²) in [5.41, 5.74) is 0. The van der Waals surface area contributed by atoms with Gasteiger partial charge in [0, 0.05) is 13.6 Å². The van der Waals surface area contributed by atoms with E-state index in [0.717, 1.165) is 23.3 Å². The van der Waals surface area contributed by atoms with Crippen LogP contribution in [0.25, 0.3) is 0 Å². The number of nitrogens with one attached hydrogen (secondary N) is 2. The molecule has 0 saturated carbocycles. The third-order valence-electron chi connectivity index (χ3n) is 3.55. The fourth-order valence-corrected chi connectivity index (χ4v) is 3.72. The summed E-state index contributed by atoms with van der Waals surface area (Å²) in [6, 6.07) is 3.60. The number of rotatable bonds is 6. The normalized spacial score (nSPS) is 16.9. The highest BCUT2D eigenvalue weighted by Gasteiger charge is 2.17. The second kappa shape index (κ2) is 9.50. The minimum absolute atomic E-state index is 0. The predicted molar refractivity (Wildman–Crippen MR) is 94.8 cm³/mol. The Labute approximate surface area is 149 Å². The second-order valence-electron chi connectivity index (χ2n) is 5.26. The lowest BCUT2D eigenvalue weighted by atomic mass is 10.1. The van der Waals surface area contributed by atoms with E-state index in [1.165, 1.54) is 22.7 Å². The van der Waals surface area contributed by atoms with E-state index in [1.54, 1.807) is 13.1 Å². The summed E-state index contributed by atoms with van der Waals surface area (Å²) in [6.45, 7) is 2.89. The zero-order valence-corrected chi connectivity index (χ0v) is 15.7. The van der Waals surface area contributed by atoms with Gasteiger partial charge in [-0.05, 0) is 59.9 Å². The number of amides is 2. The van der Waals surface area contributed by atoms with Crippen LogP contribution in [0.1, 0.15) is 22.5 Å². The molecule has 22 heavy (non-hydrogen) atoms. The van der Waals surface area contributed by atoms with Crippen LogP contribution in [0.4, 0.5) is 0 Å². The minimum Gasteiger partial charge on any atom is -0.355 e. The van der Waals surface area contributed by atoms with Gasteiger partial charge in [-0.15, -0.1) is 23.7 Å². The Bertz CT molecular complexity index is 506. The first-order chi connectivity index (χ1) is 10.1. The van der Waals surface area contributed by atoms with E-state index in [0.29, 0.717) is 17.3 Å². The molecular formula is C14H21BrClN3O2S. The van der Waals surface area contributed by atoms with Crippen molar-refractivity contribution >= 4 is 51.5 Å². The highest BCUT2D eigenvalue weighted by atomic mass is 79.9. The number of carbonyl (C=O) groups is 2. The van der Waals surface area contributed by atoms with Gasteiger partial charge in [-0.1, -0.05) is 0 Å². The summed E-state index contributed by atoms with van der Waals surface area (Å²) < 4.78 is 0.911. The maximum atomic E-state index is 12.1. The molecule has 8 heteroatoms. The molecule has 2 rings (SSSR count). The first-order valence-corrected chi connectivity index (χ1v) is 8.65. The molecule has 1 aliphatic heterocycles. The highest BCUT2D eigenvalue weighted by Crippen LogP contribution is 2.22. The molecule has 1 aliphatic rings. The summed E-state index contributed by atoms with van der Waals surface area (Å²) in [7, 11) is 1.65. The Hall–Kier alpha value is -0.630.